The molecule has 0 aromatic heterocycles. The molecular formula is C34H38F6N2O. The number of hydrogen-bond donors (Lipinski definition) is 1. The average molecular weight is 605 g/mol. The first-order valence-electron chi connectivity index (χ1n) is 14.6. The highest BCUT2D eigenvalue weighted by atomic mass is 19.4. The second-order valence-electron chi connectivity index (χ2n) is 11.8. The van der Waals surface area contributed by atoms with Gasteiger partial charge in [-0.15, -0.1) is 0 Å². The Balaban J connectivity index is 1.69. The molecule has 1 aliphatic carbocycles. The fourth-order valence-electron chi connectivity index (χ4n) is 6.77. The van der Waals surface area contributed by atoms with Crippen molar-refractivity contribution < 1.29 is 31.1 Å². The zero-order valence-corrected chi connectivity index (χ0v) is 24.4. The van der Waals surface area contributed by atoms with E-state index in [0.29, 0.717) is 32.2 Å². The van der Waals surface area contributed by atoms with Gasteiger partial charge in [0.2, 0.25) is 5.91 Å². The number of unbranched alkanes of at least 4 members (excludes halogenated alkanes) is 1. The molecule has 0 heterocycles. The zero-order valence-electron chi connectivity index (χ0n) is 24.4. The van der Waals surface area contributed by atoms with Gasteiger partial charge in [-0.3, -0.25) is 4.79 Å². The largest absolute Gasteiger partial charge is 0.416 e. The summed E-state index contributed by atoms with van der Waals surface area (Å²) < 4.78 is 82.7. The van der Waals surface area contributed by atoms with Gasteiger partial charge in [0.15, 0.2) is 0 Å². The summed E-state index contributed by atoms with van der Waals surface area (Å²) in [4.78, 5) is 15.0. The van der Waals surface area contributed by atoms with Gasteiger partial charge in [-0.2, -0.15) is 26.3 Å². The molecule has 2 N–H and O–H groups in total. The minimum absolute atomic E-state index is 0.0235. The average Bonchev–Trinajstić information content (AvgIpc) is 2.98. The monoisotopic (exact) mass is 604 g/mol. The molecule has 43 heavy (non-hydrogen) atoms. The second-order valence-corrected chi connectivity index (χ2v) is 11.8. The number of aryl methyl sites for hydroxylation is 1. The van der Waals surface area contributed by atoms with Crippen LogP contribution in [0.3, 0.4) is 0 Å². The van der Waals surface area contributed by atoms with Crippen LogP contribution in [0.15, 0.2) is 78.9 Å². The maximum absolute atomic E-state index is 13.8. The van der Waals surface area contributed by atoms with Crippen LogP contribution >= 0.6 is 0 Å². The van der Waals surface area contributed by atoms with Gasteiger partial charge in [0.25, 0.3) is 0 Å². The number of likely N-dealkylation sites (N-methyl/N-ethyl adjacent to an activating group) is 1. The van der Waals surface area contributed by atoms with Crippen LogP contribution in [0.2, 0.25) is 0 Å². The number of benzene rings is 3. The Morgan fingerprint density at radius 2 is 1.33 bits per heavy atom. The molecule has 1 saturated carbocycles. The van der Waals surface area contributed by atoms with Crippen LogP contribution in [-0.4, -0.2) is 29.9 Å². The normalized spacial score (nSPS) is 22.0. The highest BCUT2D eigenvalue weighted by Crippen LogP contribution is 2.51. The van der Waals surface area contributed by atoms with Gasteiger partial charge < -0.3 is 10.6 Å². The summed E-state index contributed by atoms with van der Waals surface area (Å²) in [5.74, 6) is -1.18. The van der Waals surface area contributed by atoms with Crippen molar-refractivity contribution in [2.75, 3.05) is 13.6 Å². The number of nitrogens with zero attached hydrogens (tertiary/aromatic N) is 1. The molecule has 232 valence electrons. The molecule has 1 fully saturated rings. The van der Waals surface area contributed by atoms with E-state index < -0.39 is 46.3 Å². The van der Waals surface area contributed by atoms with Crippen molar-refractivity contribution in [1.82, 2.24) is 4.90 Å². The molecule has 1 atom stereocenters. The number of carbonyl (C=O) groups is 1. The van der Waals surface area contributed by atoms with Gasteiger partial charge >= 0.3 is 12.4 Å². The maximum Gasteiger partial charge on any atom is 0.416 e. The molecule has 0 radical (unpaired) electrons. The van der Waals surface area contributed by atoms with E-state index in [1.165, 1.54) is 5.56 Å². The van der Waals surface area contributed by atoms with Crippen LogP contribution < -0.4 is 5.73 Å². The van der Waals surface area contributed by atoms with Gasteiger partial charge in [-0.25, -0.2) is 0 Å². The fourth-order valence-corrected chi connectivity index (χ4v) is 6.77. The molecule has 0 aliphatic heterocycles. The molecule has 0 saturated heterocycles. The Bertz CT molecular complexity index is 1330. The number of amides is 1. The number of primary amides is 1. The Kier molecular flexibility index (Phi) is 9.64. The van der Waals surface area contributed by atoms with Gasteiger partial charge in [0, 0.05) is 5.54 Å². The molecule has 3 aromatic carbocycles. The van der Waals surface area contributed by atoms with E-state index in [-0.39, 0.29) is 11.6 Å². The van der Waals surface area contributed by atoms with E-state index in [2.05, 4.69) is 4.90 Å². The second kappa shape index (κ2) is 12.7. The third kappa shape index (κ3) is 7.08. The SMILES string of the molecule is C[C@@H](c1cc(C(F)(F)F)cc(C(F)(F)F)c1)C1(N(C)CCCCc2ccccc2)CCC(C(N)=O)(c2ccccc2)CC1. The Labute approximate surface area is 249 Å². The first kappa shape index (κ1) is 32.6. The van der Waals surface area contributed by atoms with Crippen LogP contribution in [0.25, 0.3) is 0 Å². The predicted octanol–water partition coefficient (Wildman–Crippen LogP) is 8.52. The summed E-state index contributed by atoms with van der Waals surface area (Å²) in [6.07, 6.45) is -5.95. The number of alkyl halides is 6. The molecule has 3 nitrogen and oxygen atoms in total. The van der Waals surface area contributed by atoms with Crippen molar-refractivity contribution >= 4 is 5.91 Å². The van der Waals surface area contributed by atoms with Gasteiger partial charge in [-0.1, -0.05) is 67.6 Å². The van der Waals surface area contributed by atoms with Crippen LogP contribution in [-0.2, 0) is 29.0 Å². The third-order valence-electron chi connectivity index (χ3n) is 9.50. The summed E-state index contributed by atoms with van der Waals surface area (Å²) in [5, 5.41) is 0. The number of nitrogens with two attached hydrogens (primary N) is 1. The first-order chi connectivity index (χ1) is 20.2. The van der Waals surface area contributed by atoms with Crippen molar-refractivity contribution in [2.24, 2.45) is 5.73 Å². The Hall–Kier alpha value is -3.33. The topological polar surface area (TPSA) is 46.3 Å². The number of halogens is 6. The zero-order chi connectivity index (χ0) is 31.5. The van der Waals surface area contributed by atoms with Crippen molar-refractivity contribution in [2.45, 2.75) is 81.1 Å². The summed E-state index contributed by atoms with van der Waals surface area (Å²) in [6, 6.07) is 21.0. The smallest absolute Gasteiger partial charge is 0.369 e. The number of carbonyl (C=O) groups excluding carboxylic acids is 1. The van der Waals surface area contributed by atoms with Gasteiger partial charge in [0.05, 0.1) is 16.5 Å². The number of rotatable bonds is 10. The number of hydrogen-bond acceptors (Lipinski definition) is 2. The minimum atomic E-state index is -4.94. The Morgan fingerprint density at radius 1 is 0.814 bits per heavy atom. The highest BCUT2D eigenvalue weighted by molar-refractivity contribution is 5.87. The fraction of sp³-hybridized carbons (Fsp3) is 0.441. The van der Waals surface area contributed by atoms with Crippen LogP contribution in [0.1, 0.15) is 79.2 Å². The van der Waals surface area contributed by atoms with Crippen LogP contribution in [0.4, 0.5) is 26.3 Å². The van der Waals surface area contributed by atoms with E-state index in [0.717, 1.165) is 37.0 Å². The van der Waals surface area contributed by atoms with E-state index >= 15 is 0 Å². The van der Waals surface area contributed by atoms with E-state index in [9.17, 15) is 31.1 Å². The molecule has 4 rings (SSSR count). The summed E-state index contributed by atoms with van der Waals surface area (Å²) >= 11 is 0. The molecule has 0 unspecified atom stereocenters. The Morgan fingerprint density at radius 3 is 1.81 bits per heavy atom. The van der Waals surface area contributed by atoms with E-state index in [4.69, 9.17) is 5.73 Å². The maximum atomic E-state index is 13.8. The summed E-state index contributed by atoms with van der Waals surface area (Å²) in [5.41, 5.74) is 3.51. The lowest BCUT2D eigenvalue weighted by atomic mass is 9.59. The lowest BCUT2D eigenvalue weighted by molar-refractivity contribution is -0.143. The lowest BCUT2D eigenvalue weighted by Crippen LogP contribution is -2.57. The molecule has 9 heteroatoms. The van der Waals surface area contributed by atoms with Crippen LogP contribution in [0, 0.1) is 0 Å². The van der Waals surface area contributed by atoms with Crippen molar-refractivity contribution in [3.8, 4) is 0 Å². The van der Waals surface area contributed by atoms with E-state index in [1.807, 2.05) is 67.7 Å². The molecule has 0 spiro atoms. The lowest BCUT2D eigenvalue weighted by Gasteiger charge is -2.53. The third-order valence-corrected chi connectivity index (χ3v) is 9.50. The standard InChI is InChI=1S/C34H38F6N2O/c1-24(26-21-28(33(35,36)37)23-29(22-26)34(38,39)40)32(42(2)20-10-9-13-25-11-5-3-6-12-25)18-16-31(17-19-32,30(41)43)27-14-7-4-8-15-27/h3-8,11-12,14-15,21-24H,9-10,13,16-20H2,1-2H3,(H2,41,43)/t24-,31?,32?/m0/s1. The summed E-state index contributed by atoms with van der Waals surface area (Å²) in [7, 11) is 1.89. The minimum Gasteiger partial charge on any atom is -0.369 e. The van der Waals surface area contributed by atoms with Gasteiger partial charge in [0.1, 0.15) is 0 Å². The predicted molar refractivity (Wildman–Crippen MR) is 155 cm³/mol. The molecular weight excluding hydrogens is 566 g/mol. The van der Waals surface area contributed by atoms with Crippen LogP contribution in [0.5, 0.6) is 0 Å². The van der Waals surface area contributed by atoms with Crippen molar-refractivity contribution in [3.63, 3.8) is 0 Å². The molecule has 0 bridgehead atoms. The molecule has 1 amide bonds. The quantitative estimate of drug-likeness (QED) is 0.186. The van der Waals surface area contributed by atoms with Gasteiger partial charge in [-0.05, 0) is 99.3 Å². The molecule has 1 aliphatic rings. The first-order valence-corrected chi connectivity index (χ1v) is 14.6. The highest BCUT2D eigenvalue weighted by Gasteiger charge is 2.51. The van der Waals surface area contributed by atoms with Crippen molar-refractivity contribution in [1.29, 1.82) is 0 Å². The van der Waals surface area contributed by atoms with Crippen molar-refractivity contribution in [3.05, 3.63) is 107 Å². The molecule has 3 aromatic rings. The van der Waals surface area contributed by atoms with E-state index in [1.54, 1.807) is 6.92 Å². The summed E-state index contributed by atoms with van der Waals surface area (Å²) in [6.45, 7) is 2.30.